The lowest BCUT2D eigenvalue weighted by atomic mass is 9.96. The predicted octanol–water partition coefficient (Wildman–Crippen LogP) is 4.94. The first-order valence-corrected chi connectivity index (χ1v) is 25.1. The predicted molar refractivity (Wildman–Crippen MR) is 284 cm³/mol. The van der Waals surface area contributed by atoms with Gasteiger partial charge in [0.25, 0.3) is 0 Å². The van der Waals surface area contributed by atoms with Gasteiger partial charge in [0.1, 0.15) is 17.6 Å². The van der Waals surface area contributed by atoms with Crippen molar-refractivity contribution in [2.24, 2.45) is 5.92 Å². The molecule has 5 aliphatic rings. The van der Waals surface area contributed by atoms with Crippen molar-refractivity contribution in [3.8, 4) is 0 Å². The Morgan fingerprint density at radius 1 is 0.583 bits per heavy atom. The van der Waals surface area contributed by atoms with E-state index in [0.29, 0.717) is 35.9 Å². The molecular formula is C51H72N18O3. The number of piperidine rings is 2. The third-order valence-corrected chi connectivity index (χ3v) is 14.1. The quantitative estimate of drug-likeness (QED) is 0.157. The summed E-state index contributed by atoms with van der Waals surface area (Å²) in [6, 6.07) is 8.26. The Bertz CT molecular complexity index is 2640. The highest BCUT2D eigenvalue weighted by Crippen LogP contribution is 2.33. The van der Waals surface area contributed by atoms with Crippen molar-refractivity contribution in [1.82, 2.24) is 45.1 Å². The molecule has 0 radical (unpaired) electrons. The van der Waals surface area contributed by atoms with E-state index in [2.05, 4.69) is 78.8 Å². The van der Waals surface area contributed by atoms with Crippen LogP contribution in [0.1, 0.15) is 61.9 Å². The van der Waals surface area contributed by atoms with Crippen LogP contribution in [0.2, 0.25) is 0 Å². The van der Waals surface area contributed by atoms with Gasteiger partial charge in [0, 0.05) is 129 Å². The van der Waals surface area contributed by atoms with Crippen molar-refractivity contribution >= 4 is 57.1 Å². The summed E-state index contributed by atoms with van der Waals surface area (Å²) in [7, 11) is 4.29. The Balaban J connectivity index is 0.000000129. The molecule has 0 aliphatic carbocycles. The summed E-state index contributed by atoms with van der Waals surface area (Å²) in [5.41, 5.74) is 33.1. The average molecular weight is 985 g/mol. The first-order valence-electron chi connectivity index (χ1n) is 25.1. The summed E-state index contributed by atoms with van der Waals surface area (Å²) in [6.07, 6.45) is 21.8. The number of pyridine rings is 4. The highest BCUT2D eigenvalue weighted by molar-refractivity contribution is 5.79. The molecule has 384 valence electrons. The van der Waals surface area contributed by atoms with Gasteiger partial charge in [0.2, 0.25) is 17.7 Å². The van der Waals surface area contributed by atoms with Gasteiger partial charge in [-0.05, 0) is 83.3 Å². The van der Waals surface area contributed by atoms with Gasteiger partial charge in [-0.15, -0.1) is 10.2 Å². The van der Waals surface area contributed by atoms with E-state index in [-0.39, 0.29) is 0 Å². The lowest BCUT2D eigenvalue weighted by molar-refractivity contribution is -0.129. The molecule has 21 heteroatoms. The first kappa shape index (κ1) is 51.0. The number of nitrogens with two attached hydrogens (primary N) is 4. The summed E-state index contributed by atoms with van der Waals surface area (Å²) in [6.45, 7) is 15.4. The van der Waals surface area contributed by atoms with Crippen molar-refractivity contribution in [3.05, 3.63) is 97.6 Å². The zero-order chi connectivity index (χ0) is 50.6. The second kappa shape index (κ2) is 24.1. The second-order valence-electron chi connectivity index (χ2n) is 19.3. The van der Waals surface area contributed by atoms with E-state index in [4.69, 9.17) is 31.9 Å². The van der Waals surface area contributed by atoms with Crippen molar-refractivity contribution < 1.29 is 13.7 Å². The molecule has 72 heavy (non-hydrogen) atoms. The molecule has 6 aromatic rings. The third-order valence-electron chi connectivity index (χ3n) is 14.1. The number of hydrogen-bond donors (Lipinski definition) is 4. The molecule has 0 saturated carbocycles. The van der Waals surface area contributed by atoms with Crippen LogP contribution >= 0.6 is 0 Å². The fourth-order valence-electron chi connectivity index (χ4n) is 10.3. The molecule has 0 bridgehead atoms. The maximum absolute atomic E-state index is 11.6. The third kappa shape index (κ3) is 12.9. The fourth-order valence-corrected chi connectivity index (χ4v) is 10.3. The molecule has 0 aromatic carbocycles. The van der Waals surface area contributed by atoms with Gasteiger partial charge in [-0.25, -0.2) is 0 Å². The van der Waals surface area contributed by atoms with Crippen LogP contribution in [-0.2, 0) is 4.79 Å². The Hall–Kier alpha value is -7.42. The van der Waals surface area contributed by atoms with E-state index < -0.39 is 0 Å². The van der Waals surface area contributed by atoms with Crippen molar-refractivity contribution in [2.75, 3.05) is 140 Å². The van der Waals surface area contributed by atoms with Gasteiger partial charge >= 0.3 is 0 Å². The Morgan fingerprint density at radius 3 is 1.49 bits per heavy atom. The van der Waals surface area contributed by atoms with Crippen LogP contribution in [0.15, 0.2) is 89.0 Å². The van der Waals surface area contributed by atoms with E-state index in [1.54, 1.807) is 49.6 Å². The molecule has 5 fully saturated rings. The van der Waals surface area contributed by atoms with Crippen molar-refractivity contribution in [1.29, 1.82) is 0 Å². The lowest BCUT2D eigenvalue weighted by Gasteiger charge is -2.39. The normalized spacial score (nSPS) is 18.5. The SMILES string of the molecule is CN(C)CC1CCN(c2ccncc2N)CC1.Cc1nnc(C2CCN(c3ccncc3N)CC2)o1.Cc1nocc1N1CCN(c2ccncc2N)CC1.Nc1cnccc1N1CCN2C(=O)CC[C@H]2C1. The molecule has 6 aromatic heterocycles. The van der Waals surface area contributed by atoms with Crippen molar-refractivity contribution in [3.63, 3.8) is 0 Å². The van der Waals surface area contributed by atoms with Gasteiger partial charge in [-0.3, -0.25) is 24.7 Å². The molecule has 5 saturated heterocycles. The minimum absolute atomic E-state index is 0.303. The summed E-state index contributed by atoms with van der Waals surface area (Å²) in [5.74, 6) is 2.89. The average Bonchev–Trinajstić information content (AvgIpc) is 4.14. The number of fused-ring (bicyclic) bond motifs is 1. The molecule has 0 unspecified atom stereocenters. The zero-order valence-electron chi connectivity index (χ0n) is 42.3. The van der Waals surface area contributed by atoms with Gasteiger partial charge in [0.15, 0.2) is 0 Å². The standard InChI is InChI=1S/2C13H17N5O.C13H22N4.C12H16N4O/c1-9-16-17-13(19-9)10-3-6-18(7-4-10)12-2-5-15-8-11(12)14;1-10-13(9-19-16-10)18-6-4-17(5-7-18)12-2-3-15-8-11(12)14;1-16(2)10-11-4-7-17(8-5-11)13-3-6-15-9-12(13)14;13-10-7-14-4-3-11(10)15-5-6-16-9(8-15)1-2-12(16)17/h2,5,8,10H,3-4,6-7,14H2,1H3;2-3,8-9H,4-7,14H2,1H3;3,6,9,11H,4-5,7-8,10,14H2,1-2H3;3-4,7,9H,1-2,5-6,8,13H2/t;;;9-/m...0/s1. The summed E-state index contributed by atoms with van der Waals surface area (Å²) >= 11 is 0. The van der Waals surface area contributed by atoms with Gasteiger partial charge in [-0.2, -0.15) is 0 Å². The van der Waals surface area contributed by atoms with Crippen LogP contribution in [0.4, 0.5) is 51.2 Å². The molecule has 21 nitrogen and oxygen atoms in total. The lowest BCUT2D eigenvalue weighted by Crippen LogP contribution is -2.51. The number of carbonyl (C=O) groups is 1. The number of piperazine rings is 2. The molecule has 0 spiro atoms. The number of aryl methyl sites for hydroxylation is 2. The molecular weight excluding hydrogens is 913 g/mol. The second-order valence-corrected chi connectivity index (χ2v) is 19.3. The van der Waals surface area contributed by atoms with E-state index in [0.717, 1.165) is 154 Å². The van der Waals surface area contributed by atoms with Gasteiger partial charge in [0.05, 0.1) is 70.3 Å². The number of nitrogens with zero attached hydrogens (tertiary/aromatic N) is 14. The number of nitrogen functional groups attached to an aromatic ring is 4. The molecule has 1 amide bonds. The van der Waals surface area contributed by atoms with Crippen LogP contribution in [0.25, 0.3) is 0 Å². The smallest absolute Gasteiger partial charge is 0.223 e. The minimum Gasteiger partial charge on any atom is -0.425 e. The van der Waals surface area contributed by atoms with Gasteiger partial charge in [-0.1, -0.05) is 5.16 Å². The van der Waals surface area contributed by atoms with E-state index in [1.807, 2.05) is 49.2 Å². The summed E-state index contributed by atoms with van der Waals surface area (Å²) in [5, 5.41) is 11.9. The van der Waals surface area contributed by atoms with E-state index >= 15 is 0 Å². The molecule has 5 aliphatic heterocycles. The monoisotopic (exact) mass is 985 g/mol. The van der Waals surface area contributed by atoms with Crippen LogP contribution in [-0.4, -0.2) is 150 Å². The Labute approximate surface area is 422 Å². The summed E-state index contributed by atoms with van der Waals surface area (Å²) in [4.78, 5) is 43.5. The maximum Gasteiger partial charge on any atom is 0.223 e. The number of aromatic nitrogens is 7. The fraction of sp³-hybridized carbons (Fsp3) is 0.490. The number of anilines is 9. The molecule has 11 heterocycles. The molecule has 11 rings (SSSR count). The van der Waals surface area contributed by atoms with Crippen LogP contribution in [0.5, 0.6) is 0 Å². The van der Waals surface area contributed by atoms with Crippen molar-refractivity contribution in [2.45, 2.75) is 64.3 Å². The maximum atomic E-state index is 11.6. The molecule has 1 atom stereocenters. The van der Waals surface area contributed by atoms with Crippen LogP contribution in [0, 0.1) is 19.8 Å². The highest BCUT2D eigenvalue weighted by Gasteiger charge is 2.36. The minimum atomic E-state index is 0.303. The topological polar surface area (TPSA) is 260 Å². The highest BCUT2D eigenvalue weighted by atomic mass is 16.5. The van der Waals surface area contributed by atoms with Gasteiger partial charge < -0.3 is 66.2 Å². The number of amides is 1. The Morgan fingerprint density at radius 2 is 1.04 bits per heavy atom. The number of carbonyl (C=O) groups excluding carboxylic acids is 1. The van der Waals surface area contributed by atoms with E-state index in [1.165, 1.54) is 19.4 Å². The Kier molecular flexibility index (Phi) is 17.1. The number of rotatable bonds is 8. The number of hydrogen-bond acceptors (Lipinski definition) is 20. The van der Waals surface area contributed by atoms with E-state index in [9.17, 15) is 4.79 Å². The zero-order valence-corrected chi connectivity index (χ0v) is 42.3. The summed E-state index contributed by atoms with van der Waals surface area (Å²) < 4.78 is 10.5. The molecule has 8 N–H and O–H groups in total. The van der Waals surface area contributed by atoms with Crippen LogP contribution < -0.4 is 47.4 Å². The van der Waals surface area contributed by atoms with Crippen LogP contribution in [0.3, 0.4) is 0 Å². The first-order chi connectivity index (χ1) is 34.9. The largest absolute Gasteiger partial charge is 0.425 e.